The van der Waals surface area contributed by atoms with Gasteiger partial charge in [0.05, 0.1) is 5.38 Å². The predicted octanol–water partition coefficient (Wildman–Crippen LogP) is 5.76. The van der Waals surface area contributed by atoms with Gasteiger partial charge in [-0.05, 0) is 55.7 Å². The number of hydrogen-bond donors (Lipinski definition) is 0. The first kappa shape index (κ1) is 13.1. The molecule has 1 heterocycles. The molecule has 1 atom stereocenters. The van der Waals surface area contributed by atoms with Crippen LogP contribution in [0.25, 0.3) is 0 Å². The second kappa shape index (κ2) is 5.13. The number of aryl methyl sites for hydroxylation is 3. The van der Waals surface area contributed by atoms with Crippen LogP contribution in [-0.2, 0) is 0 Å². The Morgan fingerprint density at radius 2 is 1.82 bits per heavy atom. The molecule has 1 unspecified atom stereocenters. The van der Waals surface area contributed by atoms with Crippen LogP contribution in [0.15, 0.2) is 28.7 Å². The second-order valence-electron chi connectivity index (χ2n) is 4.33. The Labute approximate surface area is 120 Å². The van der Waals surface area contributed by atoms with E-state index in [9.17, 15) is 0 Å². The summed E-state index contributed by atoms with van der Waals surface area (Å²) in [4.78, 5) is 2.57. The molecule has 0 bridgehead atoms. The average molecular weight is 330 g/mol. The molecule has 1 aromatic heterocycles. The van der Waals surface area contributed by atoms with Crippen LogP contribution in [-0.4, -0.2) is 0 Å². The van der Waals surface area contributed by atoms with Crippen LogP contribution in [0.2, 0.25) is 0 Å². The van der Waals surface area contributed by atoms with E-state index in [2.05, 4.69) is 61.0 Å². The molecule has 0 aliphatic heterocycles. The van der Waals surface area contributed by atoms with Crippen LogP contribution in [0.5, 0.6) is 0 Å². The van der Waals surface area contributed by atoms with E-state index in [1.54, 1.807) is 11.3 Å². The zero-order valence-corrected chi connectivity index (χ0v) is 13.2. The first-order valence-corrected chi connectivity index (χ1v) is 7.50. The summed E-state index contributed by atoms with van der Waals surface area (Å²) in [5.41, 5.74) is 3.67. The van der Waals surface area contributed by atoms with Crippen LogP contribution < -0.4 is 0 Å². The lowest BCUT2D eigenvalue weighted by Gasteiger charge is -2.11. The highest BCUT2D eigenvalue weighted by molar-refractivity contribution is 9.10. The van der Waals surface area contributed by atoms with Crippen molar-refractivity contribution in [2.45, 2.75) is 26.1 Å². The molecule has 1 aromatic carbocycles. The van der Waals surface area contributed by atoms with Gasteiger partial charge in [-0.2, -0.15) is 0 Å². The smallest absolute Gasteiger partial charge is 0.0931 e. The van der Waals surface area contributed by atoms with Crippen molar-refractivity contribution in [1.29, 1.82) is 0 Å². The maximum absolute atomic E-state index is 6.58. The van der Waals surface area contributed by atoms with Gasteiger partial charge in [-0.3, -0.25) is 0 Å². The first-order valence-electron chi connectivity index (χ1n) is 5.45. The van der Waals surface area contributed by atoms with Crippen molar-refractivity contribution < 1.29 is 0 Å². The number of thiophene rings is 1. The largest absolute Gasteiger partial charge is 0.143 e. The maximum Gasteiger partial charge on any atom is 0.0931 e. The normalized spacial score (nSPS) is 12.8. The molecule has 0 amide bonds. The van der Waals surface area contributed by atoms with E-state index in [-0.39, 0.29) is 5.38 Å². The van der Waals surface area contributed by atoms with Gasteiger partial charge in [0.1, 0.15) is 0 Å². The molecule has 2 aromatic rings. The highest BCUT2D eigenvalue weighted by Gasteiger charge is 2.16. The lowest BCUT2D eigenvalue weighted by molar-refractivity contribution is 1.14. The minimum atomic E-state index is -0.0510. The first-order chi connectivity index (χ1) is 7.97. The molecule has 0 saturated carbocycles. The lowest BCUT2D eigenvalue weighted by atomic mass is 10.1. The summed E-state index contributed by atoms with van der Waals surface area (Å²) in [5.74, 6) is 0. The summed E-state index contributed by atoms with van der Waals surface area (Å²) in [7, 11) is 0. The molecule has 0 saturated heterocycles. The lowest BCUT2D eigenvalue weighted by Crippen LogP contribution is -1.93. The summed E-state index contributed by atoms with van der Waals surface area (Å²) in [6, 6.07) is 8.54. The van der Waals surface area contributed by atoms with Gasteiger partial charge in [-0.25, -0.2) is 0 Å². The van der Waals surface area contributed by atoms with Gasteiger partial charge in [0.2, 0.25) is 0 Å². The molecule has 0 spiro atoms. The number of alkyl halides is 1. The van der Waals surface area contributed by atoms with Gasteiger partial charge < -0.3 is 0 Å². The van der Waals surface area contributed by atoms with Gasteiger partial charge >= 0.3 is 0 Å². The Morgan fingerprint density at radius 1 is 1.12 bits per heavy atom. The molecule has 3 heteroatoms. The summed E-state index contributed by atoms with van der Waals surface area (Å²) >= 11 is 11.9. The van der Waals surface area contributed by atoms with Crippen LogP contribution in [0.3, 0.4) is 0 Å². The zero-order valence-electron chi connectivity index (χ0n) is 10.1. The summed E-state index contributed by atoms with van der Waals surface area (Å²) in [6.45, 7) is 6.33. The Balaban J connectivity index is 2.43. The minimum Gasteiger partial charge on any atom is -0.143 e. The van der Waals surface area contributed by atoms with Crippen molar-refractivity contribution >= 4 is 38.9 Å². The van der Waals surface area contributed by atoms with Crippen molar-refractivity contribution in [3.63, 3.8) is 0 Å². The van der Waals surface area contributed by atoms with Crippen molar-refractivity contribution in [1.82, 2.24) is 0 Å². The van der Waals surface area contributed by atoms with Crippen LogP contribution >= 0.6 is 38.9 Å². The molecule has 0 aliphatic rings. The maximum atomic E-state index is 6.58. The van der Waals surface area contributed by atoms with E-state index in [4.69, 9.17) is 11.6 Å². The predicted molar refractivity (Wildman–Crippen MR) is 80.4 cm³/mol. The molecular formula is C14H14BrClS. The van der Waals surface area contributed by atoms with Crippen molar-refractivity contribution in [3.8, 4) is 0 Å². The van der Waals surface area contributed by atoms with Gasteiger partial charge in [0.15, 0.2) is 0 Å². The highest BCUT2D eigenvalue weighted by atomic mass is 79.9. The molecule has 0 N–H and O–H groups in total. The van der Waals surface area contributed by atoms with Gasteiger partial charge in [0.25, 0.3) is 0 Å². The number of benzene rings is 1. The van der Waals surface area contributed by atoms with Gasteiger partial charge in [0, 0.05) is 14.2 Å². The third-order valence-corrected chi connectivity index (χ3v) is 4.94. The van der Waals surface area contributed by atoms with E-state index >= 15 is 0 Å². The fourth-order valence-electron chi connectivity index (χ4n) is 1.97. The second-order valence-corrected chi connectivity index (χ2v) is 6.97. The molecule has 17 heavy (non-hydrogen) atoms. The minimum absolute atomic E-state index is 0.0510. The number of halogens is 2. The quantitative estimate of drug-likeness (QED) is 0.614. The Kier molecular flexibility index (Phi) is 3.96. The average Bonchev–Trinajstić information content (AvgIpc) is 2.55. The van der Waals surface area contributed by atoms with Gasteiger partial charge in [-0.1, -0.05) is 22.0 Å². The molecule has 2 rings (SSSR count). The third-order valence-electron chi connectivity index (χ3n) is 2.67. The standard InChI is InChI=1S/C14H14BrClS/c1-8-4-11(7-12(15)5-8)13(16)14-9(2)6-10(3)17-14/h4-7,13H,1-3H3. The molecule has 0 aliphatic carbocycles. The fraction of sp³-hybridized carbons (Fsp3) is 0.286. The SMILES string of the molecule is Cc1cc(Br)cc(C(Cl)c2sc(C)cc2C)c1. The Morgan fingerprint density at radius 3 is 2.35 bits per heavy atom. The molecular weight excluding hydrogens is 316 g/mol. The molecule has 0 fully saturated rings. The monoisotopic (exact) mass is 328 g/mol. The van der Waals surface area contributed by atoms with Gasteiger partial charge in [-0.15, -0.1) is 22.9 Å². The fourth-order valence-corrected chi connectivity index (χ4v) is 4.07. The van der Waals surface area contributed by atoms with E-state index in [1.165, 1.54) is 20.9 Å². The van der Waals surface area contributed by atoms with E-state index in [1.807, 2.05) is 0 Å². The number of rotatable bonds is 2. The van der Waals surface area contributed by atoms with E-state index in [0.717, 1.165) is 10.0 Å². The Bertz CT molecular complexity index is 525. The number of hydrogen-bond acceptors (Lipinski definition) is 1. The van der Waals surface area contributed by atoms with Crippen LogP contribution in [0, 0.1) is 20.8 Å². The highest BCUT2D eigenvalue weighted by Crippen LogP contribution is 2.37. The summed E-state index contributed by atoms with van der Waals surface area (Å²) in [5, 5.41) is -0.0510. The van der Waals surface area contributed by atoms with Crippen LogP contribution in [0.1, 0.15) is 31.8 Å². The van der Waals surface area contributed by atoms with Crippen molar-refractivity contribution in [3.05, 3.63) is 55.2 Å². The van der Waals surface area contributed by atoms with E-state index in [0.29, 0.717) is 0 Å². The molecule has 90 valence electrons. The third kappa shape index (κ3) is 2.93. The molecule has 0 nitrogen and oxygen atoms in total. The topological polar surface area (TPSA) is 0 Å². The Hall–Kier alpha value is -0.310. The molecule has 0 radical (unpaired) electrons. The summed E-state index contributed by atoms with van der Waals surface area (Å²) < 4.78 is 1.09. The van der Waals surface area contributed by atoms with Crippen molar-refractivity contribution in [2.24, 2.45) is 0 Å². The van der Waals surface area contributed by atoms with Crippen LogP contribution in [0.4, 0.5) is 0 Å². The van der Waals surface area contributed by atoms with E-state index < -0.39 is 0 Å². The zero-order chi connectivity index (χ0) is 12.6. The summed E-state index contributed by atoms with van der Waals surface area (Å²) in [6.07, 6.45) is 0. The van der Waals surface area contributed by atoms with Crippen molar-refractivity contribution in [2.75, 3.05) is 0 Å².